The molecule has 2 aromatic rings. The minimum atomic E-state index is -0.450. The van der Waals surface area contributed by atoms with E-state index in [-0.39, 0.29) is 11.5 Å². The molecule has 2 rings (SSSR count). The molecule has 0 amide bonds. The van der Waals surface area contributed by atoms with Crippen molar-refractivity contribution in [3.8, 4) is 0 Å². The third kappa shape index (κ3) is 3.10. The smallest absolute Gasteiger partial charge is 0.332 e. The van der Waals surface area contributed by atoms with Gasteiger partial charge in [0.25, 0.3) is 0 Å². The third-order valence-corrected chi connectivity index (χ3v) is 3.05. The molecule has 0 aliphatic rings. The van der Waals surface area contributed by atoms with Gasteiger partial charge >= 0.3 is 5.69 Å². The molecule has 21 heavy (non-hydrogen) atoms. The van der Waals surface area contributed by atoms with Gasteiger partial charge in [-0.15, -0.1) is 0 Å². The first kappa shape index (κ1) is 14.8. The Kier molecular flexibility index (Phi) is 4.36. The number of nitrogens with zero attached hydrogens (tertiary/aromatic N) is 4. The number of anilines is 2. The minimum Gasteiger partial charge on any atom is -0.467 e. The van der Waals surface area contributed by atoms with Crippen LogP contribution in [-0.2, 0) is 6.54 Å². The molecule has 8 heteroatoms. The summed E-state index contributed by atoms with van der Waals surface area (Å²) in [6, 6.07) is 3.60. The maximum absolute atomic E-state index is 11.3. The van der Waals surface area contributed by atoms with Gasteiger partial charge in [0.2, 0.25) is 11.8 Å². The van der Waals surface area contributed by atoms with Gasteiger partial charge in [0.15, 0.2) is 0 Å². The molecular weight excluding hydrogens is 274 g/mol. The molecule has 0 saturated heterocycles. The quantitative estimate of drug-likeness (QED) is 0.644. The Labute approximate surface area is 122 Å². The van der Waals surface area contributed by atoms with Gasteiger partial charge in [-0.2, -0.15) is 4.98 Å². The Morgan fingerprint density at radius 3 is 2.76 bits per heavy atom. The molecule has 8 nitrogen and oxygen atoms in total. The van der Waals surface area contributed by atoms with E-state index in [1.807, 2.05) is 13.0 Å². The molecule has 2 aromatic heterocycles. The lowest BCUT2D eigenvalue weighted by Gasteiger charge is -2.21. The van der Waals surface area contributed by atoms with E-state index in [2.05, 4.69) is 15.3 Å². The number of aryl methyl sites for hydroxylation is 1. The van der Waals surface area contributed by atoms with Gasteiger partial charge in [-0.3, -0.25) is 10.1 Å². The van der Waals surface area contributed by atoms with Gasteiger partial charge in [-0.25, -0.2) is 4.98 Å². The van der Waals surface area contributed by atoms with Crippen molar-refractivity contribution < 1.29 is 9.34 Å². The summed E-state index contributed by atoms with van der Waals surface area (Å²) in [5.41, 5.74) is 0.245. The molecule has 0 bridgehead atoms. The van der Waals surface area contributed by atoms with Gasteiger partial charge in [0.1, 0.15) is 11.5 Å². The molecule has 112 valence electrons. The fourth-order valence-electron chi connectivity index (χ4n) is 2.03. The van der Waals surface area contributed by atoms with Crippen LogP contribution in [0.4, 0.5) is 17.5 Å². The van der Waals surface area contributed by atoms with Crippen LogP contribution in [0, 0.1) is 17.0 Å². The van der Waals surface area contributed by atoms with Crippen LogP contribution in [0.1, 0.15) is 18.4 Å². The predicted molar refractivity (Wildman–Crippen MR) is 78.4 cm³/mol. The highest BCUT2D eigenvalue weighted by Gasteiger charge is 2.26. The zero-order valence-electron chi connectivity index (χ0n) is 12.2. The molecule has 2 heterocycles. The molecule has 1 N–H and O–H groups in total. The van der Waals surface area contributed by atoms with Crippen LogP contribution >= 0.6 is 0 Å². The number of nitrogens with one attached hydrogen (secondary N) is 1. The summed E-state index contributed by atoms with van der Waals surface area (Å²) >= 11 is 0. The molecule has 0 radical (unpaired) electrons. The topological polar surface area (TPSA) is 97.3 Å². The zero-order valence-corrected chi connectivity index (χ0v) is 12.2. The second-order valence-electron chi connectivity index (χ2n) is 4.41. The second kappa shape index (κ2) is 6.21. The number of aromatic nitrogens is 2. The van der Waals surface area contributed by atoms with Gasteiger partial charge in [-0.05, 0) is 26.0 Å². The number of nitro groups is 1. The largest absolute Gasteiger partial charge is 0.467 e. The van der Waals surface area contributed by atoms with Crippen molar-refractivity contribution in [2.45, 2.75) is 20.4 Å². The van der Waals surface area contributed by atoms with Crippen LogP contribution in [0.5, 0.6) is 0 Å². The fraction of sp³-hybridized carbons (Fsp3) is 0.385. The van der Waals surface area contributed by atoms with Crippen molar-refractivity contribution in [1.82, 2.24) is 9.97 Å². The number of hydrogen-bond acceptors (Lipinski definition) is 7. The van der Waals surface area contributed by atoms with Gasteiger partial charge in [0, 0.05) is 13.6 Å². The first-order valence-electron chi connectivity index (χ1n) is 6.55. The molecule has 0 aromatic carbocycles. The molecule has 0 fully saturated rings. The Morgan fingerprint density at radius 1 is 1.48 bits per heavy atom. The van der Waals surface area contributed by atoms with E-state index in [4.69, 9.17) is 4.42 Å². The Hall–Kier alpha value is -2.64. The first-order chi connectivity index (χ1) is 10.1. The van der Waals surface area contributed by atoms with E-state index in [0.717, 1.165) is 0 Å². The first-order valence-corrected chi connectivity index (χ1v) is 6.55. The SMILES string of the molecule is CCN(Cc1ccco1)c1nc(NC)nc(C)c1[N+](=O)[O-]. The summed E-state index contributed by atoms with van der Waals surface area (Å²) < 4.78 is 5.30. The number of furan rings is 1. The molecule has 0 aliphatic carbocycles. The number of hydrogen-bond donors (Lipinski definition) is 1. The van der Waals surface area contributed by atoms with E-state index in [1.54, 1.807) is 31.2 Å². The van der Waals surface area contributed by atoms with E-state index >= 15 is 0 Å². The lowest BCUT2D eigenvalue weighted by molar-refractivity contribution is -0.385. The zero-order chi connectivity index (χ0) is 15.4. The highest BCUT2D eigenvalue weighted by Crippen LogP contribution is 2.30. The van der Waals surface area contributed by atoms with Crippen molar-refractivity contribution in [2.24, 2.45) is 0 Å². The average molecular weight is 291 g/mol. The summed E-state index contributed by atoms with van der Waals surface area (Å²) in [7, 11) is 1.67. The summed E-state index contributed by atoms with van der Waals surface area (Å²) in [6.45, 7) is 4.47. The van der Waals surface area contributed by atoms with Crippen molar-refractivity contribution in [3.05, 3.63) is 40.0 Å². The summed E-state index contributed by atoms with van der Waals surface area (Å²) in [6.07, 6.45) is 1.57. The van der Waals surface area contributed by atoms with Crippen LogP contribution < -0.4 is 10.2 Å². The van der Waals surface area contributed by atoms with Gasteiger partial charge < -0.3 is 14.6 Å². The van der Waals surface area contributed by atoms with Crippen molar-refractivity contribution in [1.29, 1.82) is 0 Å². The molecular formula is C13H17N5O3. The Morgan fingerprint density at radius 2 is 2.24 bits per heavy atom. The van der Waals surface area contributed by atoms with E-state index in [1.165, 1.54) is 0 Å². The predicted octanol–water partition coefficient (Wildman–Crippen LogP) is 2.35. The third-order valence-electron chi connectivity index (χ3n) is 3.05. The fourth-order valence-corrected chi connectivity index (χ4v) is 2.03. The molecule has 0 atom stereocenters. The van der Waals surface area contributed by atoms with Crippen molar-refractivity contribution in [3.63, 3.8) is 0 Å². The molecule has 0 spiro atoms. The van der Waals surface area contributed by atoms with E-state index in [9.17, 15) is 10.1 Å². The maximum Gasteiger partial charge on any atom is 0.332 e. The van der Waals surface area contributed by atoms with Crippen LogP contribution in [0.15, 0.2) is 22.8 Å². The van der Waals surface area contributed by atoms with Crippen LogP contribution in [-0.4, -0.2) is 28.5 Å². The summed E-state index contributed by atoms with van der Waals surface area (Å²) in [5, 5.41) is 14.1. The Balaban J connectivity index is 2.47. The monoisotopic (exact) mass is 291 g/mol. The lowest BCUT2D eigenvalue weighted by atomic mass is 10.3. The molecule has 0 aliphatic heterocycles. The van der Waals surface area contributed by atoms with Gasteiger partial charge in [0.05, 0.1) is 17.7 Å². The average Bonchev–Trinajstić information content (AvgIpc) is 2.96. The van der Waals surface area contributed by atoms with E-state index < -0.39 is 4.92 Å². The van der Waals surface area contributed by atoms with Crippen LogP contribution in [0.3, 0.4) is 0 Å². The second-order valence-corrected chi connectivity index (χ2v) is 4.41. The lowest BCUT2D eigenvalue weighted by Crippen LogP contribution is -2.25. The Bertz CT molecular complexity index is 627. The normalized spacial score (nSPS) is 10.4. The number of rotatable bonds is 6. The summed E-state index contributed by atoms with van der Waals surface area (Å²) in [5.74, 6) is 1.36. The van der Waals surface area contributed by atoms with Crippen LogP contribution in [0.25, 0.3) is 0 Å². The maximum atomic E-state index is 11.3. The van der Waals surface area contributed by atoms with Crippen molar-refractivity contribution >= 4 is 17.5 Å². The highest BCUT2D eigenvalue weighted by atomic mass is 16.6. The highest BCUT2D eigenvalue weighted by molar-refractivity contribution is 5.62. The minimum absolute atomic E-state index is 0.0811. The van der Waals surface area contributed by atoms with Crippen LogP contribution in [0.2, 0.25) is 0 Å². The van der Waals surface area contributed by atoms with Gasteiger partial charge in [-0.1, -0.05) is 0 Å². The van der Waals surface area contributed by atoms with Crippen molar-refractivity contribution in [2.75, 3.05) is 23.8 Å². The summed E-state index contributed by atoms with van der Waals surface area (Å²) in [4.78, 5) is 21.0. The van der Waals surface area contributed by atoms with E-state index in [0.29, 0.717) is 30.5 Å². The molecule has 0 saturated carbocycles. The molecule has 0 unspecified atom stereocenters. The standard InChI is InChI=1S/C13H17N5O3/c1-4-17(8-10-6-5-7-21-10)12-11(18(19)20)9(2)15-13(14-3)16-12/h5-7H,4,8H2,1-3H3,(H,14,15,16).